The van der Waals surface area contributed by atoms with E-state index in [1.54, 1.807) is 13.0 Å². The summed E-state index contributed by atoms with van der Waals surface area (Å²) >= 11 is 0. The molecule has 29 heavy (non-hydrogen) atoms. The standard InChI is InChI=1S/C20H24N2O6S/c1-14(23)12-16-6-4-15(5-7-16)8-9-18-13-17(22-28-18)10-11-20(2,19(24)21-25)29(3,26)27/h4-7,13-14,23,25H,10-12H2,1-3H3,(H,21,24)/t14-,20?/m1/s1. The Hall–Kier alpha value is -2.67. The van der Waals surface area contributed by atoms with Crippen molar-refractivity contribution >= 4 is 15.7 Å². The van der Waals surface area contributed by atoms with E-state index in [9.17, 15) is 18.3 Å². The fourth-order valence-corrected chi connectivity index (χ4v) is 3.50. The highest BCUT2D eigenvalue weighted by Gasteiger charge is 2.43. The van der Waals surface area contributed by atoms with E-state index in [-0.39, 0.29) is 12.8 Å². The van der Waals surface area contributed by atoms with Crippen molar-refractivity contribution in [2.45, 2.75) is 44.0 Å². The van der Waals surface area contributed by atoms with E-state index >= 15 is 0 Å². The van der Waals surface area contributed by atoms with Gasteiger partial charge in [0.15, 0.2) is 9.84 Å². The summed E-state index contributed by atoms with van der Waals surface area (Å²) in [5.41, 5.74) is 3.63. The Balaban J connectivity index is 2.06. The molecule has 156 valence electrons. The van der Waals surface area contributed by atoms with E-state index in [0.29, 0.717) is 17.9 Å². The van der Waals surface area contributed by atoms with Gasteiger partial charge in [0.05, 0.1) is 11.8 Å². The third kappa shape index (κ3) is 5.90. The van der Waals surface area contributed by atoms with Crippen LogP contribution in [0.4, 0.5) is 0 Å². The third-order valence-corrected chi connectivity index (χ3v) is 6.66. The summed E-state index contributed by atoms with van der Waals surface area (Å²) in [6, 6.07) is 9.04. The first-order valence-electron chi connectivity index (χ1n) is 8.94. The SMILES string of the molecule is C[C@@H](O)Cc1ccc(C#Cc2cc(CCC(C)(C(=O)NO)S(C)(=O)=O)no2)cc1. The topological polar surface area (TPSA) is 130 Å². The number of benzene rings is 1. The highest BCUT2D eigenvalue weighted by molar-refractivity contribution is 7.92. The van der Waals surface area contributed by atoms with E-state index in [2.05, 4.69) is 17.0 Å². The minimum absolute atomic E-state index is 0.0810. The van der Waals surface area contributed by atoms with Crippen LogP contribution in [0.3, 0.4) is 0 Å². The van der Waals surface area contributed by atoms with E-state index in [4.69, 9.17) is 9.73 Å². The molecule has 0 fully saturated rings. The second-order valence-electron chi connectivity index (χ2n) is 7.13. The zero-order chi connectivity index (χ0) is 21.7. The summed E-state index contributed by atoms with van der Waals surface area (Å²) in [4.78, 5) is 11.8. The van der Waals surface area contributed by atoms with Crippen molar-refractivity contribution in [2.24, 2.45) is 0 Å². The molecule has 9 heteroatoms. The summed E-state index contributed by atoms with van der Waals surface area (Å²) in [7, 11) is -3.77. The molecule has 0 saturated carbocycles. The quantitative estimate of drug-likeness (QED) is 0.349. The number of nitrogens with zero attached hydrogens (tertiary/aromatic N) is 1. The number of sulfone groups is 1. The molecule has 2 rings (SSSR count). The third-order valence-electron chi connectivity index (χ3n) is 4.63. The highest BCUT2D eigenvalue weighted by atomic mass is 32.2. The number of carbonyl (C=O) groups excluding carboxylic acids is 1. The summed E-state index contributed by atoms with van der Waals surface area (Å²) in [6.07, 6.45) is 1.17. The van der Waals surface area contributed by atoms with Crippen LogP contribution in [-0.4, -0.2) is 46.9 Å². The number of carbonyl (C=O) groups is 1. The summed E-state index contributed by atoms with van der Waals surface area (Å²) in [5, 5.41) is 22.1. The van der Waals surface area contributed by atoms with Gasteiger partial charge in [-0.1, -0.05) is 23.2 Å². The second kappa shape index (κ2) is 9.22. The maximum atomic E-state index is 12.0. The highest BCUT2D eigenvalue weighted by Crippen LogP contribution is 2.23. The largest absolute Gasteiger partial charge is 0.393 e. The fourth-order valence-electron chi connectivity index (χ4n) is 2.64. The van der Waals surface area contributed by atoms with Crippen LogP contribution in [0.5, 0.6) is 0 Å². The summed E-state index contributed by atoms with van der Waals surface area (Å²) in [5.74, 6) is 5.08. The van der Waals surface area contributed by atoms with Crippen LogP contribution >= 0.6 is 0 Å². The van der Waals surface area contributed by atoms with Gasteiger partial charge in [-0.15, -0.1) is 0 Å². The lowest BCUT2D eigenvalue weighted by molar-refractivity contribution is -0.131. The van der Waals surface area contributed by atoms with E-state index in [0.717, 1.165) is 17.4 Å². The molecular formula is C20H24N2O6S. The van der Waals surface area contributed by atoms with Gasteiger partial charge in [-0.3, -0.25) is 10.0 Å². The number of hydrogen-bond donors (Lipinski definition) is 3. The molecule has 3 N–H and O–H groups in total. The smallest absolute Gasteiger partial charge is 0.264 e. The number of aryl methyl sites for hydroxylation is 1. The molecule has 0 aliphatic rings. The molecule has 0 aliphatic carbocycles. The van der Waals surface area contributed by atoms with Crippen LogP contribution in [0.15, 0.2) is 34.9 Å². The van der Waals surface area contributed by atoms with Crippen molar-refractivity contribution in [3.05, 3.63) is 52.9 Å². The van der Waals surface area contributed by atoms with Crippen molar-refractivity contribution in [1.29, 1.82) is 0 Å². The van der Waals surface area contributed by atoms with Gasteiger partial charge in [0.1, 0.15) is 4.75 Å². The van der Waals surface area contributed by atoms with Crippen molar-refractivity contribution in [2.75, 3.05) is 6.26 Å². The fraction of sp³-hybridized carbons (Fsp3) is 0.400. The predicted molar refractivity (Wildman–Crippen MR) is 106 cm³/mol. The van der Waals surface area contributed by atoms with Crippen LogP contribution in [0.1, 0.15) is 42.8 Å². The van der Waals surface area contributed by atoms with E-state index in [1.165, 1.54) is 12.4 Å². The summed E-state index contributed by atoms with van der Waals surface area (Å²) < 4.78 is 27.3. The van der Waals surface area contributed by atoms with Gasteiger partial charge in [-0.25, -0.2) is 13.9 Å². The molecule has 2 aromatic rings. The van der Waals surface area contributed by atoms with Gasteiger partial charge in [0.2, 0.25) is 5.76 Å². The first-order valence-corrected chi connectivity index (χ1v) is 10.8. The van der Waals surface area contributed by atoms with Crippen LogP contribution in [0.25, 0.3) is 0 Å². The molecule has 0 radical (unpaired) electrons. The van der Waals surface area contributed by atoms with Gasteiger partial charge in [0.25, 0.3) is 5.91 Å². The van der Waals surface area contributed by atoms with Crippen LogP contribution in [0, 0.1) is 11.8 Å². The molecule has 0 spiro atoms. The van der Waals surface area contributed by atoms with Gasteiger partial charge < -0.3 is 9.63 Å². The number of aliphatic hydroxyl groups excluding tert-OH is 1. The Bertz CT molecular complexity index is 1020. The van der Waals surface area contributed by atoms with Crippen molar-refractivity contribution < 1.29 is 28.0 Å². The Labute approximate surface area is 169 Å². The number of nitrogens with one attached hydrogen (secondary N) is 1. The zero-order valence-corrected chi connectivity index (χ0v) is 17.3. The lowest BCUT2D eigenvalue weighted by Crippen LogP contribution is -2.49. The first kappa shape index (κ1) is 22.6. The Morgan fingerprint density at radius 2 is 1.97 bits per heavy atom. The Kier molecular flexibility index (Phi) is 7.19. The van der Waals surface area contributed by atoms with E-state index < -0.39 is 26.6 Å². The first-order chi connectivity index (χ1) is 13.5. The van der Waals surface area contributed by atoms with Crippen LogP contribution in [-0.2, 0) is 27.5 Å². The van der Waals surface area contributed by atoms with Crippen molar-refractivity contribution in [3.63, 3.8) is 0 Å². The van der Waals surface area contributed by atoms with Gasteiger partial charge in [-0.2, -0.15) is 0 Å². The summed E-state index contributed by atoms with van der Waals surface area (Å²) in [6.45, 7) is 2.97. The van der Waals surface area contributed by atoms with Crippen molar-refractivity contribution in [3.8, 4) is 11.8 Å². The average molecular weight is 420 g/mol. The van der Waals surface area contributed by atoms with Crippen LogP contribution < -0.4 is 5.48 Å². The predicted octanol–water partition coefficient (Wildman–Crippen LogP) is 1.24. The molecular weight excluding hydrogens is 396 g/mol. The lowest BCUT2D eigenvalue weighted by Gasteiger charge is -2.24. The molecule has 2 atom stereocenters. The van der Waals surface area contributed by atoms with Crippen molar-refractivity contribution in [1.82, 2.24) is 10.6 Å². The molecule has 0 bridgehead atoms. The zero-order valence-electron chi connectivity index (χ0n) is 16.5. The van der Waals surface area contributed by atoms with Crippen LogP contribution in [0.2, 0.25) is 0 Å². The maximum absolute atomic E-state index is 12.0. The average Bonchev–Trinajstić information content (AvgIpc) is 3.11. The minimum atomic E-state index is -3.77. The molecule has 0 saturated heterocycles. The van der Waals surface area contributed by atoms with Gasteiger partial charge >= 0.3 is 0 Å². The lowest BCUT2D eigenvalue weighted by atomic mass is 10.0. The molecule has 8 nitrogen and oxygen atoms in total. The number of rotatable bonds is 7. The van der Waals surface area contributed by atoms with Gasteiger partial charge in [-0.05, 0) is 56.7 Å². The van der Waals surface area contributed by atoms with Gasteiger partial charge in [0, 0.05) is 17.9 Å². The number of hydrogen-bond acceptors (Lipinski definition) is 7. The molecule has 1 aromatic heterocycles. The molecule has 1 aromatic carbocycles. The Morgan fingerprint density at radius 3 is 2.52 bits per heavy atom. The minimum Gasteiger partial charge on any atom is -0.393 e. The molecule has 1 amide bonds. The maximum Gasteiger partial charge on any atom is 0.264 e. The number of aliphatic hydroxyl groups is 1. The monoisotopic (exact) mass is 420 g/mol. The van der Waals surface area contributed by atoms with E-state index in [1.807, 2.05) is 24.3 Å². The molecule has 0 aliphatic heterocycles. The number of hydroxylamine groups is 1. The molecule has 1 unspecified atom stereocenters. The number of aromatic nitrogens is 1. The second-order valence-corrected chi connectivity index (χ2v) is 9.57. The Morgan fingerprint density at radius 1 is 1.31 bits per heavy atom. The molecule has 1 heterocycles. The normalized spacial score (nSPS) is 14.4. The number of amides is 1.